The lowest BCUT2D eigenvalue weighted by atomic mass is 10.1. The van der Waals surface area contributed by atoms with Gasteiger partial charge in [-0.2, -0.15) is 5.10 Å². The van der Waals surface area contributed by atoms with E-state index in [1.165, 1.54) is 4.68 Å². The lowest BCUT2D eigenvalue weighted by molar-refractivity contribution is 0.0933. The standard InChI is InChI=1S/C23H25N3O6/c1-26-18(12-17(25-26)16-11-15(29-2)5-7-20(16)30-3)23(28)24-9-8-19(27)14-4-6-21-22(10-14)32-13-31-21/h4-7,10-12,19,27H,8-9,13H2,1-3H3,(H,24,28)/t19-/m1/s1. The Kier molecular flexibility index (Phi) is 6.18. The third kappa shape index (κ3) is 4.33. The Bertz CT molecular complexity index is 1130. The quantitative estimate of drug-likeness (QED) is 0.556. The molecule has 1 aliphatic heterocycles. The van der Waals surface area contributed by atoms with E-state index < -0.39 is 6.10 Å². The highest BCUT2D eigenvalue weighted by Crippen LogP contribution is 2.35. The van der Waals surface area contributed by atoms with Crippen molar-refractivity contribution < 1.29 is 28.8 Å². The van der Waals surface area contributed by atoms with Crippen LogP contribution in [0.15, 0.2) is 42.5 Å². The Hall–Kier alpha value is -3.72. The van der Waals surface area contributed by atoms with Crippen molar-refractivity contribution >= 4 is 5.91 Å². The summed E-state index contributed by atoms with van der Waals surface area (Å²) in [5, 5.41) is 17.8. The smallest absolute Gasteiger partial charge is 0.269 e. The van der Waals surface area contributed by atoms with E-state index in [9.17, 15) is 9.90 Å². The molecule has 1 aliphatic rings. The van der Waals surface area contributed by atoms with E-state index in [0.29, 0.717) is 46.4 Å². The van der Waals surface area contributed by atoms with Gasteiger partial charge < -0.3 is 29.4 Å². The van der Waals surface area contributed by atoms with Crippen LogP contribution in [0.1, 0.15) is 28.6 Å². The number of aryl methyl sites for hydroxylation is 1. The summed E-state index contributed by atoms with van der Waals surface area (Å²) in [6.45, 7) is 0.469. The van der Waals surface area contributed by atoms with Crippen LogP contribution < -0.4 is 24.3 Å². The molecule has 3 aromatic rings. The van der Waals surface area contributed by atoms with Crippen molar-refractivity contribution in [2.75, 3.05) is 27.6 Å². The van der Waals surface area contributed by atoms with Crippen molar-refractivity contribution in [2.24, 2.45) is 7.05 Å². The number of benzene rings is 2. The number of fused-ring (bicyclic) bond motifs is 1. The van der Waals surface area contributed by atoms with Crippen LogP contribution in [0.2, 0.25) is 0 Å². The van der Waals surface area contributed by atoms with Gasteiger partial charge in [-0.15, -0.1) is 0 Å². The van der Waals surface area contributed by atoms with Crippen molar-refractivity contribution in [1.82, 2.24) is 15.1 Å². The molecular formula is C23H25N3O6. The third-order valence-corrected chi connectivity index (χ3v) is 5.28. The molecule has 2 aromatic carbocycles. The number of hydrogen-bond donors (Lipinski definition) is 2. The lowest BCUT2D eigenvalue weighted by Crippen LogP contribution is -2.27. The second-order valence-corrected chi connectivity index (χ2v) is 7.28. The van der Waals surface area contributed by atoms with Gasteiger partial charge >= 0.3 is 0 Å². The summed E-state index contributed by atoms with van der Waals surface area (Å²) in [6.07, 6.45) is -0.396. The van der Waals surface area contributed by atoms with E-state index >= 15 is 0 Å². The summed E-state index contributed by atoms with van der Waals surface area (Å²) >= 11 is 0. The van der Waals surface area contributed by atoms with Crippen LogP contribution >= 0.6 is 0 Å². The third-order valence-electron chi connectivity index (χ3n) is 5.28. The molecule has 0 unspecified atom stereocenters. The van der Waals surface area contributed by atoms with Crippen LogP contribution in [0.25, 0.3) is 11.3 Å². The van der Waals surface area contributed by atoms with Crippen molar-refractivity contribution in [1.29, 1.82) is 0 Å². The van der Waals surface area contributed by atoms with E-state index in [1.807, 2.05) is 6.07 Å². The minimum atomic E-state index is -0.743. The fourth-order valence-electron chi connectivity index (χ4n) is 3.53. The minimum Gasteiger partial charge on any atom is -0.497 e. The molecule has 4 rings (SSSR count). The SMILES string of the molecule is COc1ccc(OC)c(-c2cc(C(=O)NCC[C@@H](O)c3ccc4c(c3)OCO4)n(C)n2)c1. The first-order chi connectivity index (χ1) is 15.5. The van der Waals surface area contributed by atoms with Gasteiger partial charge in [0.25, 0.3) is 5.91 Å². The molecule has 0 saturated carbocycles. The zero-order chi connectivity index (χ0) is 22.7. The average molecular weight is 439 g/mol. The number of hydrogen-bond acceptors (Lipinski definition) is 7. The summed E-state index contributed by atoms with van der Waals surface area (Å²) in [6, 6.07) is 12.4. The van der Waals surface area contributed by atoms with Gasteiger partial charge in [0.2, 0.25) is 6.79 Å². The molecule has 9 heteroatoms. The maximum Gasteiger partial charge on any atom is 0.269 e. The van der Waals surface area contributed by atoms with Crippen LogP contribution in [-0.2, 0) is 7.05 Å². The second-order valence-electron chi connectivity index (χ2n) is 7.28. The number of aromatic nitrogens is 2. The lowest BCUT2D eigenvalue weighted by Gasteiger charge is -2.12. The molecular weight excluding hydrogens is 414 g/mol. The maximum absolute atomic E-state index is 12.7. The van der Waals surface area contributed by atoms with E-state index in [1.54, 1.807) is 57.7 Å². The highest BCUT2D eigenvalue weighted by atomic mass is 16.7. The molecule has 0 fully saturated rings. The molecule has 168 valence electrons. The summed E-state index contributed by atoms with van der Waals surface area (Å²) < 4.78 is 22.8. The number of carbonyl (C=O) groups is 1. The summed E-state index contributed by atoms with van der Waals surface area (Å²) in [5.41, 5.74) is 2.41. The molecule has 2 heterocycles. The first-order valence-corrected chi connectivity index (χ1v) is 10.1. The van der Waals surface area contributed by atoms with E-state index in [0.717, 1.165) is 5.56 Å². The highest BCUT2D eigenvalue weighted by Gasteiger charge is 2.19. The number of aliphatic hydroxyl groups excluding tert-OH is 1. The first-order valence-electron chi connectivity index (χ1n) is 10.1. The fraction of sp³-hybridized carbons (Fsp3) is 0.304. The molecule has 0 bridgehead atoms. The van der Waals surface area contributed by atoms with E-state index in [2.05, 4.69) is 10.4 Å². The van der Waals surface area contributed by atoms with Crippen LogP contribution in [0.5, 0.6) is 23.0 Å². The molecule has 0 radical (unpaired) electrons. The molecule has 0 saturated heterocycles. The minimum absolute atomic E-state index is 0.180. The molecule has 1 aromatic heterocycles. The molecule has 0 spiro atoms. The Morgan fingerprint density at radius 1 is 1.16 bits per heavy atom. The van der Waals surface area contributed by atoms with Gasteiger partial charge in [0.15, 0.2) is 11.5 Å². The number of aliphatic hydroxyl groups is 1. The van der Waals surface area contributed by atoms with E-state index in [-0.39, 0.29) is 19.2 Å². The Morgan fingerprint density at radius 2 is 1.97 bits per heavy atom. The van der Waals surface area contributed by atoms with Crippen LogP contribution in [0.4, 0.5) is 0 Å². The number of amides is 1. The number of nitrogens with one attached hydrogen (secondary N) is 1. The monoisotopic (exact) mass is 439 g/mol. The molecule has 1 atom stereocenters. The van der Waals surface area contributed by atoms with Gasteiger partial charge in [0.05, 0.1) is 26.0 Å². The largest absolute Gasteiger partial charge is 0.497 e. The van der Waals surface area contributed by atoms with Gasteiger partial charge in [-0.1, -0.05) is 6.07 Å². The number of nitrogens with zero attached hydrogens (tertiary/aromatic N) is 2. The van der Waals surface area contributed by atoms with Gasteiger partial charge in [0, 0.05) is 19.2 Å². The topological polar surface area (TPSA) is 104 Å². The Labute approximate surface area is 185 Å². The van der Waals surface area contributed by atoms with Crippen LogP contribution in [0.3, 0.4) is 0 Å². The number of ether oxygens (including phenoxy) is 4. The number of carbonyl (C=O) groups excluding carboxylic acids is 1. The van der Waals surface area contributed by atoms with Crippen molar-refractivity contribution in [3.05, 3.63) is 53.7 Å². The molecule has 1 amide bonds. The van der Waals surface area contributed by atoms with E-state index in [4.69, 9.17) is 18.9 Å². The maximum atomic E-state index is 12.7. The van der Waals surface area contributed by atoms with Gasteiger partial charge in [-0.25, -0.2) is 0 Å². The van der Waals surface area contributed by atoms with Crippen molar-refractivity contribution in [2.45, 2.75) is 12.5 Å². The van der Waals surface area contributed by atoms with Gasteiger partial charge in [0.1, 0.15) is 17.2 Å². The average Bonchev–Trinajstić information content (AvgIpc) is 3.44. The predicted octanol–water partition coefficient (Wildman–Crippen LogP) is 2.69. The van der Waals surface area contributed by atoms with Gasteiger partial charge in [-0.05, 0) is 48.4 Å². The zero-order valence-corrected chi connectivity index (χ0v) is 18.1. The number of rotatable bonds is 8. The predicted molar refractivity (Wildman–Crippen MR) is 116 cm³/mol. The summed E-state index contributed by atoms with van der Waals surface area (Å²) in [5.74, 6) is 2.28. The highest BCUT2D eigenvalue weighted by molar-refractivity contribution is 5.94. The normalized spacial score (nSPS) is 13.0. The van der Waals surface area contributed by atoms with Crippen molar-refractivity contribution in [3.63, 3.8) is 0 Å². The number of methoxy groups -OCH3 is 2. The fourth-order valence-corrected chi connectivity index (χ4v) is 3.53. The molecule has 32 heavy (non-hydrogen) atoms. The first kappa shape index (κ1) is 21.5. The summed E-state index contributed by atoms with van der Waals surface area (Å²) in [4.78, 5) is 12.7. The van der Waals surface area contributed by atoms with Gasteiger partial charge in [-0.3, -0.25) is 9.48 Å². The van der Waals surface area contributed by atoms with Crippen molar-refractivity contribution in [3.8, 4) is 34.3 Å². The van der Waals surface area contributed by atoms with Crippen LogP contribution in [0, 0.1) is 0 Å². The second kappa shape index (κ2) is 9.19. The Morgan fingerprint density at radius 3 is 2.75 bits per heavy atom. The molecule has 2 N–H and O–H groups in total. The Balaban J connectivity index is 1.41. The molecule has 9 nitrogen and oxygen atoms in total. The van der Waals surface area contributed by atoms with Crippen LogP contribution in [-0.4, -0.2) is 48.4 Å². The molecule has 0 aliphatic carbocycles. The summed E-state index contributed by atoms with van der Waals surface area (Å²) in [7, 11) is 4.86. The zero-order valence-electron chi connectivity index (χ0n) is 18.1.